The van der Waals surface area contributed by atoms with E-state index in [1.807, 2.05) is 16.7 Å². The third-order valence-corrected chi connectivity index (χ3v) is 5.42. The summed E-state index contributed by atoms with van der Waals surface area (Å²) in [5, 5.41) is 19.1. The van der Waals surface area contributed by atoms with Gasteiger partial charge in [-0.1, -0.05) is 12.1 Å². The molecule has 0 aliphatic carbocycles. The van der Waals surface area contributed by atoms with Crippen molar-refractivity contribution in [3.05, 3.63) is 53.6 Å². The van der Waals surface area contributed by atoms with Gasteiger partial charge in [-0.15, -0.1) is 0 Å². The summed E-state index contributed by atoms with van der Waals surface area (Å²) in [6.07, 6.45) is 1.26. The SMILES string of the molecule is N=C(F)c1cccc(C(=O)Nc2nc3cc(N4CCOCC4=O)ccc3n2CCCCO)c1. The van der Waals surface area contributed by atoms with E-state index in [1.165, 1.54) is 24.3 Å². The molecule has 1 aliphatic rings. The molecular weight excluding hydrogens is 429 g/mol. The first-order valence-corrected chi connectivity index (χ1v) is 10.6. The zero-order chi connectivity index (χ0) is 23.4. The molecule has 10 heteroatoms. The summed E-state index contributed by atoms with van der Waals surface area (Å²) >= 11 is 0. The number of halogens is 1. The van der Waals surface area contributed by atoms with Crippen LogP contribution in [0.2, 0.25) is 0 Å². The standard InChI is InChI=1S/C23H24FN5O4/c24-21(25)15-4-3-5-16(12-15)22(32)27-23-26-18-13-17(28-9-11-33-14-20(28)31)6-7-19(18)29(23)8-1-2-10-30/h3-7,12-13,25,30H,1-2,8-11,14H2,(H,26,27,32). The molecule has 1 saturated heterocycles. The molecule has 33 heavy (non-hydrogen) atoms. The molecule has 0 unspecified atom stereocenters. The molecule has 1 fully saturated rings. The minimum atomic E-state index is -1.12. The second kappa shape index (κ2) is 9.88. The number of morpholine rings is 1. The van der Waals surface area contributed by atoms with Gasteiger partial charge < -0.3 is 19.3 Å². The van der Waals surface area contributed by atoms with E-state index < -0.39 is 11.9 Å². The Morgan fingerprint density at radius 2 is 2.03 bits per heavy atom. The smallest absolute Gasteiger partial charge is 0.257 e. The molecule has 2 amide bonds. The van der Waals surface area contributed by atoms with Gasteiger partial charge in [0.2, 0.25) is 11.9 Å². The summed E-state index contributed by atoms with van der Waals surface area (Å²) in [4.78, 5) is 31.3. The molecule has 0 radical (unpaired) electrons. The van der Waals surface area contributed by atoms with Crippen molar-refractivity contribution in [2.75, 3.05) is 36.6 Å². The lowest BCUT2D eigenvalue weighted by Crippen LogP contribution is -2.41. The number of carbonyl (C=O) groups excluding carboxylic acids is 2. The Kier molecular flexibility index (Phi) is 6.76. The number of anilines is 2. The van der Waals surface area contributed by atoms with Gasteiger partial charge in [-0.2, -0.15) is 4.39 Å². The maximum atomic E-state index is 13.3. The molecule has 3 N–H and O–H groups in total. The molecule has 2 aromatic carbocycles. The van der Waals surface area contributed by atoms with Crippen LogP contribution >= 0.6 is 0 Å². The molecule has 0 atom stereocenters. The number of aliphatic hydroxyl groups excluding tert-OH is 1. The van der Waals surface area contributed by atoms with Crippen LogP contribution in [0.15, 0.2) is 42.5 Å². The van der Waals surface area contributed by atoms with E-state index in [2.05, 4.69) is 10.3 Å². The van der Waals surface area contributed by atoms with Gasteiger partial charge in [-0.25, -0.2) is 4.98 Å². The van der Waals surface area contributed by atoms with Crippen molar-refractivity contribution in [1.82, 2.24) is 9.55 Å². The molecular formula is C23H24FN5O4. The number of nitrogens with one attached hydrogen (secondary N) is 2. The number of hydrogen-bond donors (Lipinski definition) is 3. The van der Waals surface area contributed by atoms with Gasteiger partial charge in [0.15, 0.2) is 0 Å². The maximum Gasteiger partial charge on any atom is 0.257 e. The van der Waals surface area contributed by atoms with E-state index in [-0.39, 0.29) is 30.2 Å². The number of aryl methyl sites for hydroxylation is 1. The highest BCUT2D eigenvalue weighted by molar-refractivity contribution is 6.06. The van der Waals surface area contributed by atoms with Crippen molar-refractivity contribution < 1.29 is 23.8 Å². The van der Waals surface area contributed by atoms with Crippen LogP contribution in [0.3, 0.4) is 0 Å². The van der Waals surface area contributed by atoms with Gasteiger partial charge in [0.05, 0.1) is 17.6 Å². The van der Waals surface area contributed by atoms with Gasteiger partial charge >= 0.3 is 0 Å². The predicted octanol–water partition coefficient (Wildman–Crippen LogP) is 2.72. The lowest BCUT2D eigenvalue weighted by molar-refractivity contribution is -0.125. The Morgan fingerprint density at radius 3 is 2.79 bits per heavy atom. The lowest BCUT2D eigenvalue weighted by atomic mass is 10.1. The highest BCUT2D eigenvalue weighted by Gasteiger charge is 2.22. The topological polar surface area (TPSA) is 121 Å². The van der Waals surface area contributed by atoms with Crippen LogP contribution in [-0.4, -0.2) is 58.8 Å². The highest BCUT2D eigenvalue weighted by Crippen LogP contribution is 2.27. The number of fused-ring (bicyclic) bond motifs is 1. The van der Waals surface area contributed by atoms with E-state index in [0.29, 0.717) is 49.7 Å². The second-order valence-electron chi connectivity index (χ2n) is 7.64. The summed E-state index contributed by atoms with van der Waals surface area (Å²) in [5.41, 5.74) is 2.28. The van der Waals surface area contributed by atoms with Crippen LogP contribution in [0.25, 0.3) is 11.0 Å². The quantitative estimate of drug-likeness (QED) is 0.358. The van der Waals surface area contributed by atoms with Gasteiger partial charge in [0, 0.05) is 36.5 Å². The van der Waals surface area contributed by atoms with Gasteiger partial charge in [0.1, 0.15) is 6.61 Å². The Morgan fingerprint density at radius 1 is 1.21 bits per heavy atom. The van der Waals surface area contributed by atoms with Crippen molar-refractivity contribution in [3.63, 3.8) is 0 Å². The molecule has 0 bridgehead atoms. The number of benzene rings is 2. The first kappa shape index (κ1) is 22.6. The van der Waals surface area contributed by atoms with Crippen LogP contribution in [0.4, 0.5) is 16.0 Å². The monoisotopic (exact) mass is 453 g/mol. The number of aliphatic hydroxyl groups is 1. The van der Waals surface area contributed by atoms with Crippen LogP contribution in [0.1, 0.15) is 28.8 Å². The molecule has 0 saturated carbocycles. The van der Waals surface area contributed by atoms with E-state index in [0.717, 1.165) is 5.52 Å². The van der Waals surface area contributed by atoms with E-state index in [4.69, 9.17) is 15.3 Å². The third-order valence-electron chi connectivity index (χ3n) is 5.42. The molecule has 172 valence electrons. The summed E-state index contributed by atoms with van der Waals surface area (Å²) < 4.78 is 20.3. The van der Waals surface area contributed by atoms with Gasteiger partial charge in [-0.3, -0.25) is 20.3 Å². The van der Waals surface area contributed by atoms with Crippen molar-refractivity contribution >= 4 is 40.4 Å². The normalized spacial score (nSPS) is 14.0. The Hall–Kier alpha value is -3.63. The van der Waals surface area contributed by atoms with Crippen molar-refractivity contribution in [2.45, 2.75) is 19.4 Å². The Balaban J connectivity index is 1.67. The highest BCUT2D eigenvalue weighted by atomic mass is 19.1. The summed E-state index contributed by atoms with van der Waals surface area (Å²) in [5.74, 6) is -1.43. The van der Waals surface area contributed by atoms with E-state index in [9.17, 15) is 14.0 Å². The number of amides is 2. The second-order valence-corrected chi connectivity index (χ2v) is 7.64. The average molecular weight is 453 g/mol. The lowest BCUT2D eigenvalue weighted by Gasteiger charge is -2.26. The third kappa shape index (κ3) is 4.91. The molecule has 1 aromatic heterocycles. The van der Waals surface area contributed by atoms with Crippen molar-refractivity contribution in [2.24, 2.45) is 0 Å². The fraction of sp³-hybridized carbons (Fsp3) is 0.304. The van der Waals surface area contributed by atoms with Crippen LogP contribution in [0, 0.1) is 5.41 Å². The summed E-state index contributed by atoms with van der Waals surface area (Å²) in [6, 6.07) is 11.2. The maximum absolute atomic E-state index is 13.3. The Bertz CT molecular complexity index is 1210. The zero-order valence-corrected chi connectivity index (χ0v) is 17.9. The first-order chi connectivity index (χ1) is 16.0. The largest absolute Gasteiger partial charge is 0.396 e. The number of ether oxygens (including phenoxy) is 1. The molecule has 0 spiro atoms. The minimum Gasteiger partial charge on any atom is -0.396 e. The Labute approximate surface area is 189 Å². The van der Waals surface area contributed by atoms with Crippen molar-refractivity contribution in [3.8, 4) is 0 Å². The summed E-state index contributed by atoms with van der Waals surface area (Å²) in [7, 11) is 0. The zero-order valence-electron chi connectivity index (χ0n) is 17.9. The van der Waals surface area contributed by atoms with Gasteiger partial charge in [-0.05, 0) is 43.2 Å². The molecule has 2 heterocycles. The molecule has 4 rings (SSSR count). The molecule has 1 aliphatic heterocycles. The van der Waals surface area contributed by atoms with Crippen LogP contribution < -0.4 is 10.2 Å². The first-order valence-electron chi connectivity index (χ1n) is 10.6. The number of rotatable bonds is 8. The van der Waals surface area contributed by atoms with Crippen LogP contribution in [-0.2, 0) is 16.1 Å². The number of carbonyl (C=O) groups is 2. The molecule has 3 aromatic rings. The fourth-order valence-electron chi connectivity index (χ4n) is 3.75. The minimum absolute atomic E-state index is 0.0129. The number of imidazole rings is 1. The van der Waals surface area contributed by atoms with Crippen LogP contribution in [0.5, 0.6) is 0 Å². The number of nitrogens with zero attached hydrogens (tertiary/aromatic N) is 3. The summed E-state index contributed by atoms with van der Waals surface area (Å²) in [6.45, 7) is 1.50. The number of unbranched alkanes of at least 4 members (excludes halogenated alkanes) is 1. The number of hydrogen-bond acceptors (Lipinski definition) is 6. The fourth-order valence-corrected chi connectivity index (χ4v) is 3.75. The van der Waals surface area contributed by atoms with Crippen molar-refractivity contribution in [1.29, 1.82) is 5.41 Å². The number of aromatic nitrogens is 2. The molecule has 9 nitrogen and oxygen atoms in total. The average Bonchev–Trinajstić information content (AvgIpc) is 3.15. The predicted molar refractivity (Wildman–Crippen MR) is 122 cm³/mol. The van der Waals surface area contributed by atoms with E-state index >= 15 is 0 Å². The van der Waals surface area contributed by atoms with E-state index in [1.54, 1.807) is 11.0 Å². The van der Waals surface area contributed by atoms with Gasteiger partial charge in [0.25, 0.3) is 11.8 Å².